The van der Waals surface area contributed by atoms with Gasteiger partial charge in [0.2, 0.25) is 5.91 Å². The molecular formula is C14H16ClN3O. The molecule has 1 atom stereocenters. The second-order valence-electron chi connectivity index (χ2n) is 4.58. The molecular weight excluding hydrogens is 262 g/mol. The standard InChI is InChI=1S/C14H16ClN3O/c1-10-3-4-12(8-13(10)15)17-14(19)7-11(2)18-6-5-16-9-18/h3-6,8-9,11H,7H2,1-2H3,(H,17,19)/t11-/m1/s1. The Morgan fingerprint density at radius 1 is 1.53 bits per heavy atom. The normalized spacial score (nSPS) is 12.2. The minimum atomic E-state index is -0.0406. The Hall–Kier alpha value is -1.81. The van der Waals surface area contributed by atoms with Gasteiger partial charge in [-0.25, -0.2) is 4.98 Å². The van der Waals surface area contributed by atoms with Crippen LogP contribution in [0.4, 0.5) is 5.69 Å². The van der Waals surface area contributed by atoms with Crippen LogP contribution in [0.5, 0.6) is 0 Å². The van der Waals surface area contributed by atoms with E-state index in [0.717, 1.165) is 11.3 Å². The number of aryl methyl sites for hydroxylation is 1. The van der Waals surface area contributed by atoms with E-state index >= 15 is 0 Å². The molecule has 5 heteroatoms. The van der Waals surface area contributed by atoms with E-state index in [1.54, 1.807) is 18.6 Å². The van der Waals surface area contributed by atoms with E-state index < -0.39 is 0 Å². The number of nitrogens with one attached hydrogen (secondary N) is 1. The summed E-state index contributed by atoms with van der Waals surface area (Å²) in [5, 5.41) is 3.50. The van der Waals surface area contributed by atoms with Gasteiger partial charge in [0.15, 0.2) is 0 Å². The molecule has 1 N–H and O–H groups in total. The predicted octanol–water partition coefficient (Wildman–Crippen LogP) is 3.43. The first kappa shape index (κ1) is 13.6. The molecule has 0 radical (unpaired) electrons. The van der Waals surface area contributed by atoms with Gasteiger partial charge >= 0.3 is 0 Å². The smallest absolute Gasteiger partial charge is 0.226 e. The van der Waals surface area contributed by atoms with Crippen LogP contribution in [0.3, 0.4) is 0 Å². The minimum Gasteiger partial charge on any atom is -0.334 e. The number of rotatable bonds is 4. The van der Waals surface area contributed by atoms with Gasteiger partial charge in [0.1, 0.15) is 0 Å². The third-order valence-corrected chi connectivity index (χ3v) is 3.38. The lowest BCUT2D eigenvalue weighted by Crippen LogP contribution is -2.16. The fourth-order valence-electron chi connectivity index (χ4n) is 1.79. The van der Waals surface area contributed by atoms with Crippen LogP contribution in [0.1, 0.15) is 24.9 Å². The van der Waals surface area contributed by atoms with Gasteiger partial charge < -0.3 is 9.88 Å². The van der Waals surface area contributed by atoms with Gasteiger partial charge in [-0.05, 0) is 31.5 Å². The molecule has 0 bridgehead atoms. The second-order valence-corrected chi connectivity index (χ2v) is 4.98. The molecule has 0 unspecified atom stereocenters. The highest BCUT2D eigenvalue weighted by molar-refractivity contribution is 6.31. The molecule has 4 nitrogen and oxygen atoms in total. The number of imidazole rings is 1. The number of hydrogen-bond donors (Lipinski definition) is 1. The molecule has 0 spiro atoms. The third-order valence-electron chi connectivity index (χ3n) is 2.97. The fourth-order valence-corrected chi connectivity index (χ4v) is 1.97. The van der Waals surface area contributed by atoms with Crippen molar-refractivity contribution >= 4 is 23.2 Å². The van der Waals surface area contributed by atoms with Gasteiger partial charge in [0, 0.05) is 35.6 Å². The SMILES string of the molecule is Cc1ccc(NC(=O)C[C@@H](C)n2ccnc2)cc1Cl. The van der Waals surface area contributed by atoms with Crippen molar-refractivity contribution in [2.24, 2.45) is 0 Å². The number of amides is 1. The molecule has 0 aliphatic rings. The number of carbonyl (C=O) groups is 1. The van der Waals surface area contributed by atoms with Crippen LogP contribution in [0.15, 0.2) is 36.9 Å². The van der Waals surface area contributed by atoms with E-state index in [-0.39, 0.29) is 11.9 Å². The molecule has 19 heavy (non-hydrogen) atoms. The maximum absolute atomic E-state index is 11.9. The molecule has 0 aliphatic carbocycles. The van der Waals surface area contributed by atoms with E-state index in [2.05, 4.69) is 10.3 Å². The van der Waals surface area contributed by atoms with Crippen LogP contribution >= 0.6 is 11.6 Å². The van der Waals surface area contributed by atoms with Crippen molar-refractivity contribution in [1.29, 1.82) is 0 Å². The Labute approximate surface area is 117 Å². The molecule has 1 amide bonds. The molecule has 0 saturated carbocycles. The quantitative estimate of drug-likeness (QED) is 0.931. The van der Waals surface area contributed by atoms with Gasteiger partial charge in [-0.2, -0.15) is 0 Å². The molecule has 100 valence electrons. The van der Waals surface area contributed by atoms with E-state index in [9.17, 15) is 4.79 Å². The number of nitrogens with zero attached hydrogens (tertiary/aromatic N) is 2. The van der Waals surface area contributed by atoms with E-state index in [4.69, 9.17) is 11.6 Å². The van der Waals surface area contributed by atoms with Gasteiger partial charge in [0.25, 0.3) is 0 Å². The van der Waals surface area contributed by atoms with Crippen molar-refractivity contribution in [1.82, 2.24) is 9.55 Å². The lowest BCUT2D eigenvalue weighted by atomic mass is 10.2. The summed E-state index contributed by atoms with van der Waals surface area (Å²) in [5.74, 6) is -0.0406. The monoisotopic (exact) mass is 277 g/mol. The number of anilines is 1. The number of carbonyl (C=O) groups excluding carboxylic acids is 1. The van der Waals surface area contributed by atoms with Crippen LogP contribution in [-0.2, 0) is 4.79 Å². The minimum absolute atomic E-state index is 0.0406. The number of hydrogen-bond acceptors (Lipinski definition) is 2. The zero-order valence-corrected chi connectivity index (χ0v) is 11.7. The summed E-state index contributed by atoms with van der Waals surface area (Å²) in [6.07, 6.45) is 5.65. The summed E-state index contributed by atoms with van der Waals surface area (Å²) in [5.41, 5.74) is 1.71. The van der Waals surface area contributed by atoms with Crippen molar-refractivity contribution < 1.29 is 4.79 Å². The number of halogens is 1. The van der Waals surface area contributed by atoms with Crippen molar-refractivity contribution in [3.8, 4) is 0 Å². The largest absolute Gasteiger partial charge is 0.334 e. The summed E-state index contributed by atoms with van der Waals surface area (Å²) in [6, 6.07) is 5.57. The van der Waals surface area contributed by atoms with Crippen LogP contribution < -0.4 is 5.32 Å². The third kappa shape index (κ3) is 3.58. The average Bonchev–Trinajstić information content (AvgIpc) is 2.87. The Balaban J connectivity index is 1.95. The molecule has 1 aromatic carbocycles. The Morgan fingerprint density at radius 2 is 2.32 bits per heavy atom. The van der Waals surface area contributed by atoms with Crippen LogP contribution in [0.25, 0.3) is 0 Å². The lowest BCUT2D eigenvalue weighted by molar-refractivity contribution is -0.116. The fraction of sp³-hybridized carbons (Fsp3) is 0.286. The van der Waals surface area contributed by atoms with E-state index in [1.165, 1.54) is 0 Å². The Morgan fingerprint density at radius 3 is 2.95 bits per heavy atom. The molecule has 0 fully saturated rings. The summed E-state index contributed by atoms with van der Waals surface area (Å²) in [7, 11) is 0. The first-order valence-corrected chi connectivity index (χ1v) is 6.47. The maximum Gasteiger partial charge on any atom is 0.226 e. The second kappa shape index (κ2) is 5.89. The number of benzene rings is 1. The van der Waals surface area contributed by atoms with E-state index in [0.29, 0.717) is 11.4 Å². The molecule has 2 rings (SSSR count). The van der Waals surface area contributed by atoms with Crippen molar-refractivity contribution in [2.45, 2.75) is 26.3 Å². The highest BCUT2D eigenvalue weighted by atomic mass is 35.5. The van der Waals surface area contributed by atoms with Crippen molar-refractivity contribution in [2.75, 3.05) is 5.32 Å². The zero-order chi connectivity index (χ0) is 13.8. The first-order valence-electron chi connectivity index (χ1n) is 6.09. The molecule has 1 heterocycles. The Bertz CT molecular complexity index is 566. The van der Waals surface area contributed by atoms with E-state index in [1.807, 2.05) is 36.7 Å². The van der Waals surface area contributed by atoms with Crippen LogP contribution in [0, 0.1) is 6.92 Å². The number of aromatic nitrogens is 2. The zero-order valence-electron chi connectivity index (χ0n) is 10.9. The summed E-state index contributed by atoms with van der Waals surface area (Å²) < 4.78 is 1.90. The molecule has 2 aromatic rings. The average molecular weight is 278 g/mol. The maximum atomic E-state index is 11.9. The van der Waals surface area contributed by atoms with Crippen LogP contribution in [-0.4, -0.2) is 15.5 Å². The summed E-state index contributed by atoms with van der Waals surface area (Å²) >= 11 is 6.02. The van der Waals surface area contributed by atoms with Gasteiger partial charge in [-0.3, -0.25) is 4.79 Å². The van der Waals surface area contributed by atoms with Gasteiger partial charge in [-0.15, -0.1) is 0 Å². The molecule has 1 aromatic heterocycles. The van der Waals surface area contributed by atoms with Crippen molar-refractivity contribution in [3.05, 3.63) is 47.5 Å². The lowest BCUT2D eigenvalue weighted by Gasteiger charge is -2.13. The van der Waals surface area contributed by atoms with Gasteiger partial charge in [0.05, 0.1) is 6.33 Å². The first-order chi connectivity index (χ1) is 9.06. The predicted molar refractivity (Wildman–Crippen MR) is 76.4 cm³/mol. The highest BCUT2D eigenvalue weighted by Gasteiger charge is 2.10. The van der Waals surface area contributed by atoms with Crippen molar-refractivity contribution in [3.63, 3.8) is 0 Å². The Kier molecular flexibility index (Phi) is 4.22. The highest BCUT2D eigenvalue weighted by Crippen LogP contribution is 2.20. The summed E-state index contributed by atoms with van der Waals surface area (Å²) in [4.78, 5) is 15.9. The molecule has 0 saturated heterocycles. The van der Waals surface area contributed by atoms with Gasteiger partial charge in [-0.1, -0.05) is 17.7 Å². The molecule has 0 aliphatic heterocycles. The van der Waals surface area contributed by atoms with Crippen LogP contribution in [0.2, 0.25) is 5.02 Å². The topological polar surface area (TPSA) is 46.9 Å². The summed E-state index contributed by atoms with van der Waals surface area (Å²) in [6.45, 7) is 3.90.